The van der Waals surface area contributed by atoms with Crippen molar-refractivity contribution >= 4 is 16.5 Å². The molecule has 0 spiro atoms. The molecule has 0 unspecified atom stereocenters. The first-order chi connectivity index (χ1) is 13.2. The van der Waals surface area contributed by atoms with Gasteiger partial charge in [0.2, 0.25) is 10.0 Å². The van der Waals surface area contributed by atoms with Gasteiger partial charge < -0.3 is 14.4 Å². The van der Waals surface area contributed by atoms with Crippen LogP contribution in [0.25, 0.3) is 11.4 Å². The maximum Gasteiger partial charge on any atom is 0.290 e. The van der Waals surface area contributed by atoms with Gasteiger partial charge in [-0.2, -0.15) is 0 Å². The molecule has 0 amide bonds. The van der Waals surface area contributed by atoms with Crippen LogP contribution < -0.4 is 0 Å². The molecule has 2 aromatic rings. The summed E-state index contributed by atoms with van der Waals surface area (Å²) in [4.78, 5) is 12.5. The third-order valence-electron chi connectivity index (χ3n) is 4.36. The van der Waals surface area contributed by atoms with Gasteiger partial charge in [0.15, 0.2) is 11.6 Å². The molecule has 8 nitrogen and oxygen atoms in total. The number of hydrogen-bond donors (Lipinski definition) is 1. The van der Waals surface area contributed by atoms with E-state index < -0.39 is 21.7 Å². The van der Waals surface area contributed by atoms with Crippen LogP contribution in [0, 0.1) is 17.6 Å². The zero-order chi connectivity index (χ0) is 20.9. The van der Waals surface area contributed by atoms with Crippen LogP contribution in [0.4, 0.5) is 8.78 Å². The molecule has 0 saturated carbocycles. The number of carboxylic acid groups (broad SMARTS) is 1. The highest BCUT2D eigenvalue weighted by Gasteiger charge is 2.35. The van der Waals surface area contributed by atoms with Gasteiger partial charge in [-0.05, 0) is 12.1 Å². The molecule has 28 heavy (non-hydrogen) atoms. The van der Waals surface area contributed by atoms with Crippen molar-refractivity contribution in [2.24, 2.45) is 5.92 Å². The molecule has 0 radical (unpaired) electrons. The first-order valence-electron chi connectivity index (χ1n) is 8.26. The third kappa shape index (κ3) is 4.72. The van der Waals surface area contributed by atoms with E-state index >= 15 is 0 Å². The summed E-state index contributed by atoms with van der Waals surface area (Å²) in [7, 11) is -0.458. The van der Waals surface area contributed by atoms with Crippen molar-refractivity contribution in [3.05, 3.63) is 42.2 Å². The summed E-state index contributed by atoms with van der Waals surface area (Å²) in [5, 5.41) is 6.89. The van der Waals surface area contributed by atoms with Crippen LogP contribution in [-0.2, 0) is 19.6 Å². The van der Waals surface area contributed by atoms with Crippen LogP contribution in [0.2, 0.25) is 0 Å². The first kappa shape index (κ1) is 21.9. The Labute approximate surface area is 161 Å². The van der Waals surface area contributed by atoms with Gasteiger partial charge in [0.25, 0.3) is 6.47 Å². The normalized spacial score (nSPS) is 19.3. The Morgan fingerprint density at radius 3 is 2.68 bits per heavy atom. The summed E-state index contributed by atoms with van der Waals surface area (Å²) >= 11 is 0. The highest BCUT2D eigenvalue weighted by Crippen LogP contribution is 2.32. The second kappa shape index (κ2) is 9.22. The van der Waals surface area contributed by atoms with Gasteiger partial charge in [0, 0.05) is 32.4 Å². The van der Waals surface area contributed by atoms with E-state index in [4.69, 9.17) is 14.6 Å². The number of nitrogens with zero attached hydrogens (tertiary/aromatic N) is 3. The lowest BCUT2D eigenvalue weighted by molar-refractivity contribution is -0.122. The van der Waals surface area contributed by atoms with E-state index in [9.17, 15) is 17.2 Å². The van der Waals surface area contributed by atoms with Gasteiger partial charge in [0.05, 0.1) is 30.6 Å². The average Bonchev–Trinajstić information content (AvgIpc) is 3.26. The van der Waals surface area contributed by atoms with E-state index in [1.807, 2.05) is 0 Å². The van der Waals surface area contributed by atoms with Gasteiger partial charge >= 0.3 is 0 Å². The monoisotopic (exact) mass is 417 g/mol. The van der Waals surface area contributed by atoms with Crippen LogP contribution in [0.1, 0.15) is 6.04 Å². The molecule has 1 aliphatic heterocycles. The lowest BCUT2D eigenvalue weighted by Crippen LogP contribution is -2.32. The second-order valence-corrected chi connectivity index (χ2v) is 8.52. The third-order valence-corrected chi connectivity index (χ3v) is 6.33. The number of ether oxygens (including phenoxy) is 1. The number of carbonyl (C=O) groups is 1. The average molecular weight is 417 g/mol. The molecule has 1 aromatic carbocycles. The summed E-state index contributed by atoms with van der Waals surface area (Å²) in [6.45, 7) is 0.314. The Hall–Kier alpha value is -2.37. The molecule has 1 N–H and O–H groups in total. The molecule has 1 fully saturated rings. The SMILES string of the molecule is CN(C)S(=O)(=O)C[C@H]1COC[C@H]1n1ccnc1-c1cccc(F)c1F.O=CO. The van der Waals surface area contributed by atoms with E-state index in [1.165, 1.54) is 36.7 Å². The zero-order valence-electron chi connectivity index (χ0n) is 15.3. The lowest BCUT2D eigenvalue weighted by Gasteiger charge is -2.22. The molecule has 3 rings (SSSR count). The Bertz CT molecular complexity index is 917. The molecule has 2 atom stereocenters. The Balaban J connectivity index is 0.000000878. The van der Waals surface area contributed by atoms with E-state index in [1.54, 1.807) is 10.8 Å². The molecule has 0 aliphatic carbocycles. The van der Waals surface area contributed by atoms with Crippen molar-refractivity contribution in [1.82, 2.24) is 13.9 Å². The van der Waals surface area contributed by atoms with Crippen LogP contribution >= 0.6 is 0 Å². The van der Waals surface area contributed by atoms with Gasteiger partial charge in [-0.3, -0.25) is 4.79 Å². The van der Waals surface area contributed by atoms with Crippen molar-refractivity contribution in [3.8, 4) is 11.4 Å². The largest absolute Gasteiger partial charge is 0.483 e. The van der Waals surface area contributed by atoms with Crippen LogP contribution in [-0.4, -0.2) is 66.9 Å². The minimum absolute atomic E-state index is 0.0334. The molecule has 154 valence electrons. The summed E-state index contributed by atoms with van der Waals surface area (Å²) in [6.07, 6.45) is 3.11. The molecular formula is C17H21F2N3O5S. The number of halogens is 2. The number of rotatable bonds is 5. The van der Waals surface area contributed by atoms with Crippen LogP contribution in [0.3, 0.4) is 0 Å². The van der Waals surface area contributed by atoms with Crippen molar-refractivity contribution in [3.63, 3.8) is 0 Å². The number of sulfonamides is 1. The Morgan fingerprint density at radius 2 is 2.04 bits per heavy atom. The molecule has 1 aromatic heterocycles. The van der Waals surface area contributed by atoms with Crippen LogP contribution in [0.5, 0.6) is 0 Å². The fourth-order valence-electron chi connectivity index (χ4n) is 2.94. The minimum atomic E-state index is -3.41. The second-order valence-electron chi connectivity index (χ2n) is 6.29. The standard InChI is InChI=1S/C16H19F2N3O3S.CH2O2/c1-20(2)25(22,23)10-11-8-24-9-14(11)21-7-6-19-16(21)12-4-3-5-13(17)15(12)18;2-1-3/h3-7,11,14H,8-10H2,1-2H3;1H,(H,2,3)/t11-,14-;/m1./s1. The predicted molar refractivity (Wildman–Crippen MR) is 97.1 cm³/mol. The van der Waals surface area contributed by atoms with Crippen molar-refractivity contribution < 1.29 is 31.8 Å². The fraction of sp³-hybridized carbons (Fsp3) is 0.412. The fourth-order valence-corrected chi connectivity index (χ4v) is 4.10. The van der Waals surface area contributed by atoms with Gasteiger partial charge in [-0.25, -0.2) is 26.5 Å². The summed E-state index contributed by atoms with van der Waals surface area (Å²) < 4.78 is 60.4. The molecule has 1 saturated heterocycles. The number of aromatic nitrogens is 2. The van der Waals surface area contributed by atoms with Crippen molar-refractivity contribution in [2.75, 3.05) is 33.1 Å². The van der Waals surface area contributed by atoms with E-state index in [2.05, 4.69) is 4.98 Å². The highest BCUT2D eigenvalue weighted by atomic mass is 32.2. The topological polar surface area (TPSA) is 102 Å². The molecule has 1 aliphatic rings. The highest BCUT2D eigenvalue weighted by molar-refractivity contribution is 7.89. The summed E-state index contributed by atoms with van der Waals surface area (Å²) in [6, 6.07) is 3.57. The maximum atomic E-state index is 14.1. The minimum Gasteiger partial charge on any atom is -0.483 e. The number of hydrogen-bond acceptors (Lipinski definition) is 5. The van der Waals surface area contributed by atoms with E-state index in [-0.39, 0.29) is 48.8 Å². The van der Waals surface area contributed by atoms with Crippen molar-refractivity contribution in [1.29, 1.82) is 0 Å². The van der Waals surface area contributed by atoms with Gasteiger partial charge in [-0.15, -0.1) is 0 Å². The van der Waals surface area contributed by atoms with Crippen LogP contribution in [0.15, 0.2) is 30.6 Å². The Morgan fingerprint density at radius 1 is 1.36 bits per heavy atom. The van der Waals surface area contributed by atoms with Crippen molar-refractivity contribution in [2.45, 2.75) is 6.04 Å². The Kier molecular flexibility index (Phi) is 7.22. The first-order valence-corrected chi connectivity index (χ1v) is 9.86. The van der Waals surface area contributed by atoms with Gasteiger partial charge in [-0.1, -0.05) is 6.07 Å². The summed E-state index contributed by atoms with van der Waals surface area (Å²) in [5.41, 5.74) is 0.0334. The van der Waals surface area contributed by atoms with E-state index in [0.717, 1.165) is 6.07 Å². The zero-order valence-corrected chi connectivity index (χ0v) is 16.1. The number of imidazole rings is 1. The maximum absolute atomic E-state index is 14.1. The number of benzene rings is 1. The summed E-state index contributed by atoms with van der Waals surface area (Å²) in [5.74, 6) is -2.09. The van der Waals surface area contributed by atoms with E-state index in [0.29, 0.717) is 0 Å². The van der Waals surface area contributed by atoms with Gasteiger partial charge in [0.1, 0.15) is 5.82 Å². The smallest absolute Gasteiger partial charge is 0.290 e. The molecule has 0 bridgehead atoms. The quantitative estimate of drug-likeness (QED) is 0.742. The molecule has 11 heteroatoms. The molecule has 2 heterocycles. The molecular weight excluding hydrogens is 396 g/mol. The lowest BCUT2D eigenvalue weighted by atomic mass is 10.1. The predicted octanol–water partition coefficient (Wildman–Crippen LogP) is 1.61.